The molecule has 3 aromatic rings. The lowest BCUT2D eigenvalue weighted by atomic mass is 10.1. The highest BCUT2D eigenvalue weighted by molar-refractivity contribution is 7.98. The molecule has 1 fully saturated rings. The van der Waals surface area contributed by atoms with Gasteiger partial charge in [-0.2, -0.15) is 5.10 Å². The number of hydrogen-bond acceptors (Lipinski definition) is 6. The van der Waals surface area contributed by atoms with Crippen LogP contribution < -0.4 is 11.1 Å². The molecule has 0 unspecified atom stereocenters. The second kappa shape index (κ2) is 9.53. The molecule has 2 aromatic heterocycles. The van der Waals surface area contributed by atoms with Crippen LogP contribution in [-0.2, 0) is 18.4 Å². The van der Waals surface area contributed by atoms with E-state index in [4.69, 9.17) is 10.5 Å². The first-order valence-corrected chi connectivity index (χ1v) is 11.6. The number of nitrogens with two attached hydrogens (primary N) is 1. The van der Waals surface area contributed by atoms with E-state index in [0.29, 0.717) is 12.2 Å². The van der Waals surface area contributed by atoms with Gasteiger partial charge in [-0.05, 0) is 49.3 Å². The third-order valence-electron chi connectivity index (χ3n) is 5.59. The van der Waals surface area contributed by atoms with Crippen molar-refractivity contribution >= 4 is 23.5 Å². The Morgan fingerprint density at radius 1 is 1.26 bits per heavy atom. The molecule has 7 nitrogen and oxygen atoms in total. The largest absolute Gasteiger partial charge is 0.383 e. The number of benzene rings is 1. The highest BCUT2D eigenvalue weighted by Gasteiger charge is 2.30. The number of nitrogens with zero attached hydrogens (tertiary/aromatic N) is 3. The molecule has 1 aliphatic rings. The number of carbonyl (C=O) groups is 1. The summed E-state index contributed by atoms with van der Waals surface area (Å²) in [6, 6.07) is 10.1. The Bertz CT molecular complexity index is 1050. The van der Waals surface area contributed by atoms with Crippen molar-refractivity contribution < 1.29 is 9.53 Å². The van der Waals surface area contributed by atoms with Gasteiger partial charge in [0, 0.05) is 35.5 Å². The quantitative estimate of drug-likeness (QED) is 0.548. The fourth-order valence-corrected chi connectivity index (χ4v) is 4.26. The number of nitrogens with one attached hydrogen (secondary N) is 1. The molecule has 31 heavy (non-hydrogen) atoms. The molecule has 1 aliphatic carbocycles. The van der Waals surface area contributed by atoms with Crippen LogP contribution >= 0.6 is 11.8 Å². The molecule has 2 atom stereocenters. The molecule has 162 valence electrons. The third-order valence-corrected chi connectivity index (χ3v) is 6.34. The summed E-state index contributed by atoms with van der Waals surface area (Å²) >= 11 is 1.72. The minimum absolute atomic E-state index is 0.0140. The fraction of sp³-hybridized carbons (Fsp3) is 0.348. The zero-order chi connectivity index (χ0) is 21.8. The van der Waals surface area contributed by atoms with Gasteiger partial charge >= 0.3 is 0 Å². The highest BCUT2D eigenvalue weighted by atomic mass is 32.2. The minimum Gasteiger partial charge on any atom is -0.383 e. The van der Waals surface area contributed by atoms with Crippen molar-refractivity contribution in [1.29, 1.82) is 0 Å². The summed E-state index contributed by atoms with van der Waals surface area (Å²) in [6.45, 7) is 0.534. The maximum absolute atomic E-state index is 13.0. The van der Waals surface area contributed by atoms with Crippen LogP contribution in [0.2, 0.25) is 0 Å². The van der Waals surface area contributed by atoms with E-state index in [1.807, 2.05) is 13.2 Å². The van der Waals surface area contributed by atoms with Crippen molar-refractivity contribution in [3.05, 3.63) is 60.0 Å². The van der Waals surface area contributed by atoms with Crippen LogP contribution in [0.3, 0.4) is 0 Å². The van der Waals surface area contributed by atoms with E-state index in [9.17, 15) is 4.79 Å². The third kappa shape index (κ3) is 5.08. The summed E-state index contributed by atoms with van der Waals surface area (Å²) in [5, 5.41) is 7.29. The molecule has 2 heterocycles. The van der Waals surface area contributed by atoms with Gasteiger partial charge in [0.1, 0.15) is 5.82 Å². The van der Waals surface area contributed by atoms with E-state index >= 15 is 0 Å². The number of nitrogen functional groups attached to an aromatic ring is 1. The van der Waals surface area contributed by atoms with Crippen molar-refractivity contribution in [2.24, 2.45) is 7.05 Å². The van der Waals surface area contributed by atoms with Crippen LogP contribution in [0.5, 0.6) is 0 Å². The molecule has 0 spiro atoms. The van der Waals surface area contributed by atoms with Gasteiger partial charge in [-0.3, -0.25) is 9.48 Å². The number of thioether (sulfide) groups is 1. The van der Waals surface area contributed by atoms with Gasteiger partial charge in [-0.25, -0.2) is 4.98 Å². The van der Waals surface area contributed by atoms with Crippen LogP contribution in [0.25, 0.3) is 11.1 Å². The lowest BCUT2D eigenvalue weighted by Crippen LogP contribution is -2.41. The van der Waals surface area contributed by atoms with Crippen molar-refractivity contribution in [3.63, 3.8) is 0 Å². The van der Waals surface area contributed by atoms with E-state index in [1.54, 1.807) is 34.9 Å². The second-order valence-electron chi connectivity index (χ2n) is 7.77. The summed E-state index contributed by atoms with van der Waals surface area (Å²) in [5.74, 6) is -0.00458. The van der Waals surface area contributed by atoms with Gasteiger partial charge in [-0.15, -0.1) is 11.8 Å². The lowest BCUT2D eigenvalue weighted by molar-refractivity contribution is 0.0272. The summed E-state index contributed by atoms with van der Waals surface area (Å²) in [7, 11) is 1.85. The number of pyridine rings is 1. The maximum Gasteiger partial charge on any atom is 0.255 e. The van der Waals surface area contributed by atoms with Gasteiger partial charge in [0.2, 0.25) is 0 Å². The lowest BCUT2D eigenvalue weighted by Gasteiger charge is -2.22. The monoisotopic (exact) mass is 437 g/mol. The number of hydrogen-bond donors (Lipinski definition) is 2. The van der Waals surface area contributed by atoms with Gasteiger partial charge in [0.15, 0.2) is 0 Å². The number of rotatable bonds is 7. The maximum atomic E-state index is 13.0. The first kappa shape index (κ1) is 21.4. The first-order chi connectivity index (χ1) is 15.0. The first-order valence-electron chi connectivity index (χ1n) is 10.3. The molecule has 1 amide bonds. The van der Waals surface area contributed by atoms with E-state index in [1.165, 1.54) is 4.90 Å². The molecule has 4 rings (SSSR count). The van der Waals surface area contributed by atoms with Gasteiger partial charge in [-0.1, -0.05) is 12.1 Å². The summed E-state index contributed by atoms with van der Waals surface area (Å²) in [4.78, 5) is 18.4. The van der Waals surface area contributed by atoms with Gasteiger partial charge in [0.05, 0.1) is 30.5 Å². The Morgan fingerprint density at radius 2 is 2.06 bits per heavy atom. The van der Waals surface area contributed by atoms with Crippen LogP contribution in [0, 0.1) is 0 Å². The fourth-order valence-electron chi connectivity index (χ4n) is 3.85. The van der Waals surface area contributed by atoms with E-state index in [0.717, 1.165) is 36.0 Å². The zero-order valence-corrected chi connectivity index (χ0v) is 18.6. The average Bonchev–Trinajstić information content (AvgIpc) is 3.41. The summed E-state index contributed by atoms with van der Waals surface area (Å²) in [5.41, 5.74) is 9.22. The minimum atomic E-state index is -0.222. The molecule has 0 radical (unpaired) electrons. The van der Waals surface area contributed by atoms with Gasteiger partial charge in [0.25, 0.3) is 5.91 Å². The van der Waals surface area contributed by atoms with Crippen molar-refractivity contribution in [1.82, 2.24) is 20.1 Å². The Balaban J connectivity index is 1.41. The molecular formula is C23H27N5O2S. The number of ether oxygens (including phenoxy) is 1. The topological polar surface area (TPSA) is 95.1 Å². The average molecular weight is 438 g/mol. The normalized spacial score (nSPS) is 18.3. The molecule has 1 aromatic carbocycles. The Kier molecular flexibility index (Phi) is 6.58. The number of aromatic nitrogens is 3. The van der Waals surface area contributed by atoms with Crippen LogP contribution in [-0.4, -0.2) is 39.1 Å². The van der Waals surface area contributed by atoms with Crippen LogP contribution in [0.1, 0.15) is 35.2 Å². The van der Waals surface area contributed by atoms with Crippen LogP contribution in [0.15, 0.2) is 53.8 Å². The highest BCUT2D eigenvalue weighted by Crippen LogP contribution is 2.26. The van der Waals surface area contributed by atoms with Crippen molar-refractivity contribution in [2.45, 2.75) is 42.9 Å². The summed E-state index contributed by atoms with van der Waals surface area (Å²) < 4.78 is 7.87. The smallest absolute Gasteiger partial charge is 0.255 e. The predicted octanol–water partition coefficient (Wildman–Crippen LogP) is 3.65. The second-order valence-corrected chi connectivity index (χ2v) is 8.65. The standard InChI is InChI=1S/C23H27N5O2S/c1-28-13-17(12-26-28)16-10-19(22(24)25-11-16)23(29)27-20-4-3-5-21(20)30-14-15-6-8-18(31-2)9-7-15/h6-13,20-21H,3-5,14H2,1-2H3,(H2,24,25)(H,27,29)/t20-,21-/m0/s1. The predicted molar refractivity (Wildman–Crippen MR) is 123 cm³/mol. The van der Waals surface area contributed by atoms with Crippen molar-refractivity contribution in [3.8, 4) is 11.1 Å². The molecule has 0 aliphatic heterocycles. The SMILES string of the molecule is CSc1ccc(CO[C@H]2CCC[C@@H]2NC(=O)c2cc(-c3cnn(C)c3)cnc2N)cc1. The summed E-state index contributed by atoms with van der Waals surface area (Å²) in [6.07, 6.45) is 10.2. The van der Waals surface area contributed by atoms with Crippen molar-refractivity contribution in [2.75, 3.05) is 12.0 Å². The Labute approximate surface area is 186 Å². The Morgan fingerprint density at radius 3 is 2.77 bits per heavy atom. The zero-order valence-electron chi connectivity index (χ0n) is 17.7. The molecule has 0 saturated heterocycles. The number of anilines is 1. The van der Waals surface area contributed by atoms with E-state index in [-0.39, 0.29) is 23.9 Å². The van der Waals surface area contributed by atoms with E-state index < -0.39 is 0 Å². The van der Waals surface area contributed by atoms with Crippen LogP contribution in [0.4, 0.5) is 5.82 Å². The number of amides is 1. The molecular weight excluding hydrogens is 410 g/mol. The molecule has 0 bridgehead atoms. The molecule has 3 N–H and O–H groups in total. The number of aryl methyl sites for hydroxylation is 1. The van der Waals surface area contributed by atoms with E-state index in [2.05, 4.69) is 45.9 Å². The Hall–Kier alpha value is -2.84. The molecule has 8 heteroatoms. The number of carbonyl (C=O) groups excluding carboxylic acids is 1. The molecule has 1 saturated carbocycles. The van der Waals surface area contributed by atoms with Gasteiger partial charge < -0.3 is 15.8 Å².